The van der Waals surface area contributed by atoms with Gasteiger partial charge in [-0.1, -0.05) is 12.2 Å². The van der Waals surface area contributed by atoms with Crippen molar-refractivity contribution in [3.05, 3.63) is 23.8 Å². The van der Waals surface area contributed by atoms with Crippen LogP contribution in [0.1, 0.15) is 26.7 Å². The molecule has 1 aliphatic carbocycles. The number of allylic oxidation sites excluding steroid dienone is 3. The van der Waals surface area contributed by atoms with Gasteiger partial charge in [0.1, 0.15) is 6.29 Å². The van der Waals surface area contributed by atoms with E-state index in [9.17, 15) is 9.90 Å². The lowest BCUT2D eigenvalue weighted by atomic mass is 9.88. The maximum absolute atomic E-state index is 10.7. The smallest absolute Gasteiger partial charge is 0.127 e. The average Bonchev–Trinajstić information content (AvgIpc) is 2.02. The number of aldehydes is 1. The summed E-state index contributed by atoms with van der Waals surface area (Å²) in [6.07, 6.45) is 8.50. The van der Waals surface area contributed by atoms with E-state index < -0.39 is 5.60 Å². The summed E-state index contributed by atoms with van der Waals surface area (Å²) in [7, 11) is 0. The fourth-order valence-corrected chi connectivity index (χ4v) is 1.50. The molecule has 13 heavy (non-hydrogen) atoms. The van der Waals surface area contributed by atoms with Crippen LogP contribution in [0.3, 0.4) is 0 Å². The minimum absolute atomic E-state index is 0.0311. The highest BCUT2D eigenvalue weighted by Gasteiger charge is 2.17. The van der Waals surface area contributed by atoms with Crippen LogP contribution in [0.4, 0.5) is 0 Å². The third-order valence-corrected chi connectivity index (χ3v) is 2.07. The second-order valence-corrected chi connectivity index (χ2v) is 4.02. The summed E-state index contributed by atoms with van der Waals surface area (Å²) in [6, 6.07) is 0. The monoisotopic (exact) mass is 180 g/mol. The molecule has 0 aliphatic heterocycles. The van der Waals surface area contributed by atoms with E-state index in [0.717, 1.165) is 24.7 Å². The van der Waals surface area contributed by atoms with Crippen LogP contribution < -0.4 is 0 Å². The molecule has 2 heteroatoms. The highest BCUT2D eigenvalue weighted by molar-refractivity contribution is 5.61. The van der Waals surface area contributed by atoms with Crippen molar-refractivity contribution in [2.75, 3.05) is 0 Å². The van der Waals surface area contributed by atoms with Gasteiger partial charge in [0.2, 0.25) is 0 Å². The predicted molar refractivity (Wildman–Crippen MR) is 52.3 cm³/mol. The molecule has 0 saturated carbocycles. The van der Waals surface area contributed by atoms with Crippen LogP contribution in [0, 0.1) is 5.92 Å². The Bertz CT molecular complexity index is 243. The first kappa shape index (κ1) is 10.2. The van der Waals surface area contributed by atoms with E-state index in [1.165, 1.54) is 0 Å². The number of aliphatic hydroxyl groups is 1. The minimum atomic E-state index is -0.835. The molecule has 0 radical (unpaired) electrons. The molecule has 0 spiro atoms. The fraction of sp³-hybridized carbons (Fsp3) is 0.545. The maximum Gasteiger partial charge on any atom is 0.127 e. The van der Waals surface area contributed by atoms with Crippen molar-refractivity contribution in [1.82, 2.24) is 0 Å². The van der Waals surface area contributed by atoms with Gasteiger partial charge in [0.25, 0.3) is 0 Å². The number of hydrogen-bond donors (Lipinski definition) is 1. The third-order valence-electron chi connectivity index (χ3n) is 2.07. The van der Waals surface area contributed by atoms with Gasteiger partial charge in [-0.25, -0.2) is 0 Å². The molecule has 0 aromatic carbocycles. The molecule has 2 nitrogen and oxygen atoms in total. The standard InChI is InChI=1S/C11H16O2/c1-11(2,13)7-9-5-3-4-6-10(9)8-12/h3,5,7-8,10,13H,4,6H2,1-2H3/b9-7+. The van der Waals surface area contributed by atoms with Crippen molar-refractivity contribution in [1.29, 1.82) is 0 Å². The SMILES string of the molecule is CC(C)(O)/C=C1\C=CCCC1C=O. The minimum Gasteiger partial charge on any atom is -0.386 e. The van der Waals surface area contributed by atoms with Crippen LogP contribution in [0.25, 0.3) is 0 Å². The molecule has 1 rings (SSSR count). The van der Waals surface area contributed by atoms with E-state index in [2.05, 4.69) is 0 Å². The first-order valence-electron chi connectivity index (χ1n) is 4.60. The molecule has 0 aromatic rings. The maximum atomic E-state index is 10.7. The van der Waals surface area contributed by atoms with E-state index >= 15 is 0 Å². The highest BCUT2D eigenvalue weighted by Crippen LogP contribution is 2.24. The van der Waals surface area contributed by atoms with E-state index in [0.29, 0.717) is 0 Å². The molecule has 0 fully saturated rings. The second kappa shape index (κ2) is 3.88. The van der Waals surface area contributed by atoms with Gasteiger partial charge in [-0.15, -0.1) is 0 Å². The normalized spacial score (nSPS) is 26.4. The van der Waals surface area contributed by atoms with Crippen LogP contribution in [0.2, 0.25) is 0 Å². The van der Waals surface area contributed by atoms with E-state index in [-0.39, 0.29) is 5.92 Å². The number of carbonyl (C=O) groups is 1. The zero-order valence-electron chi connectivity index (χ0n) is 8.16. The summed E-state index contributed by atoms with van der Waals surface area (Å²) in [4.78, 5) is 10.7. The van der Waals surface area contributed by atoms with Crippen LogP contribution in [0.5, 0.6) is 0 Å². The molecular formula is C11H16O2. The Hall–Kier alpha value is -0.890. The Kier molecular flexibility index (Phi) is 3.04. The lowest BCUT2D eigenvalue weighted by Gasteiger charge is -2.19. The molecule has 0 saturated heterocycles. The van der Waals surface area contributed by atoms with Crippen molar-refractivity contribution in [2.24, 2.45) is 5.92 Å². The highest BCUT2D eigenvalue weighted by atomic mass is 16.3. The first-order valence-corrected chi connectivity index (χ1v) is 4.60. The molecule has 0 heterocycles. The van der Waals surface area contributed by atoms with Gasteiger partial charge in [0.15, 0.2) is 0 Å². The van der Waals surface area contributed by atoms with Crippen molar-refractivity contribution in [3.63, 3.8) is 0 Å². The van der Waals surface area contributed by atoms with E-state index in [1.807, 2.05) is 12.2 Å². The molecule has 1 atom stereocenters. The van der Waals surface area contributed by atoms with Crippen LogP contribution in [-0.4, -0.2) is 17.0 Å². The second-order valence-electron chi connectivity index (χ2n) is 4.02. The summed E-state index contributed by atoms with van der Waals surface area (Å²) < 4.78 is 0. The molecule has 1 aliphatic rings. The topological polar surface area (TPSA) is 37.3 Å². The van der Waals surface area contributed by atoms with Gasteiger partial charge < -0.3 is 9.90 Å². The van der Waals surface area contributed by atoms with Gasteiger partial charge in [0, 0.05) is 5.92 Å². The Morgan fingerprint density at radius 3 is 2.85 bits per heavy atom. The largest absolute Gasteiger partial charge is 0.386 e. The zero-order valence-corrected chi connectivity index (χ0v) is 8.16. The lowest BCUT2D eigenvalue weighted by molar-refractivity contribution is -0.110. The predicted octanol–water partition coefficient (Wildman–Crippen LogP) is 1.85. The van der Waals surface area contributed by atoms with Gasteiger partial charge >= 0.3 is 0 Å². The van der Waals surface area contributed by atoms with Gasteiger partial charge in [-0.2, -0.15) is 0 Å². The Morgan fingerprint density at radius 1 is 1.62 bits per heavy atom. The van der Waals surface area contributed by atoms with Gasteiger partial charge in [-0.05, 0) is 38.3 Å². The van der Waals surface area contributed by atoms with E-state index in [4.69, 9.17) is 0 Å². The summed E-state index contributed by atoms with van der Waals surface area (Å²) in [6.45, 7) is 3.43. The van der Waals surface area contributed by atoms with Crippen molar-refractivity contribution >= 4 is 6.29 Å². The first-order chi connectivity index (χ1) is 6.03. The van der Waals surface area contributed by atoms with Crippen molar-refractivity contribution < 1.29 is 9.90 Å². The summed E-state index contributed by atoms with van der Waals surface area (Å²) in [5.41, 5.74) is 0.104. The van der Waals surface area contributed by atoms with Gasteiger partial charge in [0.05, 0.1) is 5.60 Å². The lowest BCUT2D eigenvalue weighted by Crippen LogP contribution is -2.18. The zero-order chi connectivity index (χ0) is 9.90. The molecule has 1 unspecified atom stereocenters. The van der Waals surface area contributed by atoms with Gasteiger partial charge in [-0.3, -0.25) is 0 Å². The van der Waals surface area contributed by atoms with Crippen molar-refractivity contribution in [3.8, 4) is 0 Å². The van der Waals surface area contributed by atoms with Crippen molar-refractivity contribution in [2.45, 2.75) is 32.3 Å². The van der Waals surface area contributed by atoms with Crippen LogP contribution in [-0.2, 0) is 4.79 Å². The van der Waals surface area contributed by atoms with Crippen LogP contribution in [0.15, 0.2) is 23.8 Å². The molecule has 0 aromatic heterocycles. The number of carbonyl (C=O) groups excluding carboxylic acids is 1. The van der Waals surface area contributed by atoms with Crippen LogP contribution >= 0.6 is 0 Å². The third kappa shape index (κ3) is 3.15. The Balaban J connectivity index is 2.87. The number of rotatable bonds is 2. The molecular weight excluding hydrogens is 164 g/mol. The fourth-order valence-electron chi connectivity index (χ4n) is 1.50. The number of hydrogen-bond acceptors (Lipinski definition) is 2. The summed E-state index contributed by atoms with van der Waals surface area (Å²) >= 11 is 0. The molecule has 0 bridgehead atoms. The molecule has 1 N–H and O–H groups in total. The van der Waals surface area contributed by atoms with E-state index in [1.54, 1.807) is 19.9 Å². The molecule has 72 valence electrons. The summed E-state index contributed by atoms with van der Waals surface area (Å²) in [5.74, 6) is -0.0311. The Morgan fingerprint density at radius 2 is 2.31 bits per heavy atom. The molecule has 0 amide bonds. The quantitative estimate of drug-likeness (QED) is 0.658. The summed E-state index contributed by atoms with van der Waals surface area (Å²) in [5, 5.41) is 9.56. The Labute approximate surface area is 79.0 Å². The average molecular weight is 180 g/mol.